The summed E-state index contributed by atoms with van der Waals surface area (Å²) in [6.07, 6.45) is 2.93. The number of H-pyrrole nitrogens is 1. The number of hydrogen-bond acceptors (Lipinski definition) is 10. The van der Waals surface area contributed by atoms with Gasteiger partial charge in [0.2, 0.25) is 11.5 Å². The van der Waals surface area contributed by atoms with E-state index < -0.39 is 6.10 Å². The second-order valence-electron chi connectivity index (χ2n) is 16.2. The first kappa shape index (κ1) is 43.1. The molecule has 2 amide bonds. The predicted molar refractivity (Wildman–Crippen MR) is 232 cm³/mol. The number of nitrogens with zero attached hydrogens (tertiary/aromatic N) is 2. The predicted octanol–water partition coefficient (Wildman–Crippen LogP) is 5.10. The van der Waals surface area contributed by atoms with Gasteiger partial charge in [-0.3, -0.25) is 24.1 Å². The van der Waals surface area contributed by atoms with E-state index in [0.717, 1.165) is 56.4 Å². The number of carbonyl (C=O) groups excluding carboxylic acids is 3. The zero-order valence-electron chi connectivity index (χ0n) is 34.4. The number of carbonyl (C=O) groups is 3. The summed E-state index contributed by atoms with van der Waals surface area (Å²) in [5.74, 6) is 0.613. The summed E-state index contributed by atoms with van der Waals surface area (Å²) in [7, 11) is 0. The molecule has 1 atom stereocenters. The van der Waals surface area contributed by atoms with E-state index >= 15 is 0 Å². The maximum Gasteiger partial charge on any atom is 0.310 e. The van der Waals surface area contributed by atoms with Crippen LogP contribution in [0.4, 0.5) is 0 Å². The van der Waals surface area contributed by atoms with Crippen LogP contribution in [0.3, 0.4) is 0 Å². The zero-order chi connectivity index (χ0) is 42.6. The number of esters is 1. The highest BCUT2D eigenvalue weighted by Crippen LogP contribution is 2.29. The van der Waals surface area contributed by atoms with Crippen molar-refractivity contribution in [3.05, 3.63) is 141 Å². The summed E-state index contributed by atoms with van der Waals surface area (Å²) in [6.45, 7) is 5.67. The molecule has 2 aliphatic heterocycles. The summed E-state index contributed by atoms with van der Waals surface area (Å²) >= 11 is 0. The number of hydrogen-bond donors (Lipinski definition) is 5. The number of aromatic hydroxyl groups is 1. The van der Waals surface area contributed by atoms with Crippen LogP contribution in [0.25, 0.3) is 10.9 Å². The van der Waals surface area contributed by atoms with Crippen molar-refractivity contribution in [2.24, 2.45) is 11.8 Å². The average Bonchev–Trinajstić information content (AvgIpc) is 3.28. The van der Waals surface area contributed by atoms with Crippen molar-refractivity contribution in [2.45, 2.75) is 51.3 Å². The Hall–Kier alpha value is -6.02. The fourth-order valence-corrected chi connectivity index (χ4v) is 8.05. The van der Waals surface area contributed by atoms with Crippen LogP contribution < -0.4 is 20.9 Å². The highest BCUT2D eigenvalue weighted by molar-refractivity contribution is 5.96. The first-order valence-corrected chi connectivity index (χ1v) is 21.2. The molecule has 3 heterocycles. The van der Waals surface area contributed by atoms with Gasteiger partial charge in [-0.1, -0.05) is 60.7 Å². The lowest BCUT2D eigenvalue weighted by molar-refractivity contribution is -0.144. The second kappa shape index (κ2) is 21.0. The van der Waals surface area contributed by atoms with Crippen molar-refractivity contribution < 1.29 is 34.1 Å². The normalized spacial score (nSPS) is 15.7. The number of likely N-dealkylation sites (tertiary alicyclic amines) is 2. The van der Waals surface area contributed by atoms with Crippen molar-refractivity contribution in [3.8, 4) is 11.5 Å². The number of pyridine rings is 1. The van der Waals surface area contributed by atoms with E-state index in [2.05, 4.69) is 44.8 Å². The molecule has 61 heavy (non-hydrogen) atoms. The van der Waals surface area contributed by atoms with Crippen LogP contribution in [0.5, 0.6) is 11.5 Å². The third-order valence-corrected chi connectivity index (χ3v) is 11.7. The van der Waals surface area contributed by atoms with Gasteiger partial charge in [0.25, 0.3) is 5.91 Å². The van der Waals surface area contributed by atoms with E-state index in [1.165, 1.54) is 17.7 Å². The molecule has 0 radical (unpaired) electrons. The number of phenols is 1. The molecule has 2 fully saturated rings. The number of amides is 2. The Morgan fingerprint density at radius 2 is 1.51 bits per heavy atom. The summed E-state index contributed by atoms with van der Waals surface area (Å²) < 4.78 is 11.8. The lowest BCUT2D eigenvalue weighted by Crippen LogP contribution is -2.44. The molecule has 0 saturated carbocycles. The molecule has 13 nitrogen and oxygen atoms in total. The van der Waals surface area contributed by atoms with Gasteiger partial charge in [-0.2, -0.15) is 0 Å². The molecule has 5 aromatic rings. The minimum absolute atomic E-state index is 0.0683. The van der Waals surface area contributed by atoms with Crippen molar-refractivity contribution in [3.63, 3.8) is 0 Å². The van der Waals surface area contributed by atoms with E-state index in [1.807, 2.05) is 42.5 Å². The molecule has 2 aliphatic rings. The number of nitrogens with one attached hydrogen (secondary N) is 3. The number of phenolic OH excluding ortho intramolecular Hbond substituents is 1. The van der Waals surface area contributed by atoms with Gasteiger partial charge < -0.3 is 40.2 Å². The standard InChI is InChI=1S/C48H55N5O8/c54-42-15-13-40(41-14-16-44(56)51-47(41)42)43(55)28-49-27-33-9-11-38(12-10-33)48(59)50-29-45(57)53-23-19-36(20-24-53)31-60-39-8-4-7-37(25-39)26-46(58)61-32-35-17-21-52(22-18-35)30-34-5-2-1-3-6-34/h1-16,25,35-36,43,49,54-55H,17-24,26-32H2,(H,50,59)(H,51,56). The summed E-state index contributed by atoms with van der Waals surface area (Å²) in [6, 6.07) is 31.1. The van der Waals surface area contributed by atoms with Crippen molar-refractivity contribution in [2.75, 3.05) is 52.5 Å². The number of aromatic nitrogens is 1. The molecule has 1 aromatic heterocycles. The smallest absolute Gasteiger partial charge is 0.310 e. The van der Waals surface area contributed by atoms with Crippen LogP contribution >= 0.6 is 0 Å². The Morgan fingerprint density at radius 1 is 0.787 bits per heavy atom. The quantitative estimate of drug-likeness (QED) is 0.0794. The fourth-order valence-electron chi connectivity index (χ4n) is 8.05. The van der Waals surface area contributed by atoms with Crippen LogP contribution in [-0.2, 0) is 33.8 Å². The molecule has 0 spiro atoms. The van der Waals surface area contributed by atoms with Gasteiger partial charge in [-0.25, -0.2) is 0 Å². The number of benzene rings is 4. The first-order chi connectivity index (χ1) is 29.7. The Labute approximate surface area is 355 Å². The van der Waals surface area contributed by atoms with Crippen LogP contribution in [0.2, 0.25) is 0 Å². The first-order valence-electron chi connectivity index (χ1n) is 21.2. The number of piperidine rings is 2. The molecule has 0 aliphatic carbocycles. The van der Waals surface area contributed by atoms with E-state index in [0.29, 0.717) is 61.0 Å². The van der Waals surface area contributed by atoms with Crippen molar-refractivity contribution >= 4 is 28.7 Å². The van der Waals surface area contributed by atoms with Gasteiger partial charge in [0, 0.05) is 49.7 Å². The van der Waals surface area contributed by atoms with E-state index in [-0.39, 0.29) is 60.0 Å². The Kier molecular flexibility index (Phi) is 14.8. The lowest BCUT2D eigenvalue weighted by atomic mass is 9.97. The lowest BCUT2D eigenvalue weighted by Gasteiger charge is -2.32. The summed E-state index contributed by atoms with van der Waals surface area (Å²) in [5, 5.41) is 27.4. The SMILES string of the molecule is O=C(Cc1cccc(OCC2CCN(C(=O)CNC(=O)c3ccc(CNCC(O)c4ccc(O)c5[nH]c(=O)ccc45)cc3)CC2)c1)OCC1CCN(Cc2ccccc2)CC1. The minimum Gasteiger partial charge on any atom is -0.506 e. The molecular formula is C48H55N5O8. The highest BCUT2D eigenvalue weighted by atomic mass is 16.5. The van der Waals surface area contributed by atoms with Crippen LogP contribution in [0.15, 0.2) is 108 Å². The Morgan fingerprint density at radius 3 is 2.28 bits per heavy atom. The largest absolute Gasteiger partial charge is 0.506 e. The van der Waals surface area contributed by atoms with Gasteiger partial charge in [-0.15, -0.1) is 0 Å². The average molecular weight is 830 g/mol. The van der Waals surface area contributed by atoms with Crippen LogP contribution in [-0.4, -0.2) is 95.3 Å². The van der Waals surface area contributed by atoms with Crippen molar-refractivity contribution in [1.82, 2.24) is 25.4 Å². The van der Waals surface area contributed by atoms with E-state index in [9.17, 15) is 29.4 Å². The fraction of sp³-hybridized carbons (Fsp3) is 0.375. The Balaban J connectivity index is 0.756. The number of ether oxygens (including phenoxy) is 2. The summed E-state index contributed by atoms with van der Waals surface area (Å²) in [5.41, 5.74) is 4.01. The third kappa shape index (κ3) is 12.3. The number of aliphatic hydroxyl groups excluding tert-OH is 1. The molecular weight excluding hydrogens is 775 g/mol. The molecule has 7 rings (SSSR count). The molecule has 2 saturated heterocycles. The molecule has 4 aromatic carbocycles. The maximum absolute atomic E-state index is 13.0. The van der Waals surface area contributed by atoms with Crippen molar-refractivity contribution in [1.29, 1.82) is 0 Å². The Bertz CT molecular complexity index is 2300. The van der Waals surface area contributed by atoms with Gasteiger partial charge in [-0.05, 0) is 109 Å². The highest BCUT2D eigenvalue weighted by Gasteiger charge is 2.24. The van der Waals surface area contributed by atoms with Gasteiger partial charge in [0.05, 0.1) is 37.8 Å². The molecule has 13 heteroatoms. The molecule has 0 bridgehead atoms. The minimum atomic E-state index is -0.890. The van der Waals surface area contributed by atoms with E-state index in [1.54, 1.807) is 29.2 Å². The number of fused-ring (bicyclic) bond motifs is 1. The maximum atomic E-state index is 13.0. The van der Waals surface area contributed by atoms with Gasteiger partial charge in [0.15, 0.2) is 0 Å². The molecule has 320 valence electrons. The monoisotopic (exact) mass is 829 g/mol. The number of rotatable bonds is 17. The van der Waals surface area contributed by atoms with Gasteiger partial charge >= 0.3 is 5.97 Å². The molecule has 5 N–H and O–H groups in total. The molecule has 1 unspecified atom stereocenters. The summed E-state index contributed by atoms with van der Waals surface area (Å²) in [4.78, 5) is 57.1. The van der Waals surface area contributed by atoms with Crippen LogP contribution in [0.1, 0.15) is 64.4 Å². The number of aliphatic hydroxyl groups is 1. The van der Waals surface area contributed by atoms with E-state index in [4.69, 9.17) is 9.47 Å². The topological polar surface area (TPSA) is 174 Å². The van der Waals surface area contributed by atoms with Crippen LogP contribution in [0, 0.1) is 11.8 Å². The third-order valence-electron chi connectivity index (χ3n) is 11.7. The van der Waals surface area contributed by atoms with Gasteiger partial charge in [0.1, 0.15) is 11.5 Å². The second-order valence-corrected chi connectivity index (χ2v) is 16.2. The zero-order valence-corrected chi connectivity index (χ0v) is 34.4. The number of aromatic amines is 1.